The molecule has 0 aliphatic carbocycles. The molecular formula is C20H22N2O3S. The van der Waals surface area contributed by atoms with Gasteiger partial charge in [0, 0.05) is 12.7 Å². The summed E-state index contributed by atoms with van der Waals surface area (Å²) < 4.78 is 8.38. The lowest BCUT2D eigenvalue weighted by atomic mass is 10.1. The molecule has 0 saturated carbocycles. The molecule has 0 fully saturated rings. The van der Waals surface area contributed by atoms with Crippen LogP contribution in [0, 0.1) is 13.8 Å². The van der Waals surface area contributed by atoms with Crippen LogP contribution in [0.3, 0.4) is 0 Å². The van der Waals surface area contributed by atoms with Crippen LogP contribution < -0.4 is 14.9 Å². The monoisotopic (exact) mass is 370 g/mol. The van der Waals surface area contributed by atoms with Crippen molar-refractivity contribution >= 4 is 33.1 Å². The lowest BCUT2D eigenvalue weighted by molar-refractivity contribution is -0.122. The summed E-state index contributed by atoms with van der Waals surface area (Å²) in [5.41, 5.74) is 3.68. The summed E-state index contributed by atoms with van der Waals surface area (Å²) >= 11 is 1.16. The number of fused-ring (bicyclic) bond motifs is 1. The minimum Gasteiger partial charge on any atom is -0.480 e. The molecule has 0 aliphatic rings. The quantitative estimate of drug-likeness (QED) is 0.738. The topological polar surface area (TPSA) is 60.3 Å². The predicted molar refractivity (Wildman–Crippen MR) is 106 cm³/mol. The number of hydrogen-bond donors (Lipinski definition) is 1. The number of ether oxygens (including phenoxy) is 1. The number of anilines is 1. The van der Waals surface area contributed by atoms with Gasteiger partial charge in [0.05, 0.1) is 10.2 Å². The Bertz CT molecular complexity index is 1020. The molecule has 0 bridgehead atoms. The fraction of sp³-hybridized carbons (Fsp3) is 0.300. The van der Waals surface area contributed by atoms with E-state index in [4.69, 9.17) is 4.74 Å². The summed E-state index contributed by atoms with van der Waals surface area (Å²) in [6, 6.07) is 11.4. The normalized spacial score (nSPS) is 12.2. The van der Waals surface area contributed by atoms with Crippen molar-refractivity contribution in [3.8, 4) is 5.75 Å². The van der Waals surface area contributed by atoms with Gasteiger partial charge < -0.3 is 14.6 Å². The summed E-state index contributed by atoms with van der Waals surface area (Å²) in [6.45, 7) is 5.91. The van der Waals surface area contributed by atoms with Crippen molar-refractivity contribution in [3.05, 3.63) is 57.2 Å². The number of aromatic nitrogens is 1. The van der Waals surface area contributed by atoms with Crippen LogP contribution in [0.2, 0.25) is 0 Å². The first-order valence-corrected chi connectivity index (χ1v) is 9.35. The average Bonchev–Trinajstić information content (AvgIpc) is 2.88. The highest BCUT2D eigenvalue weighted by Crippen LogP contribution is 2.23. The Morgan fingerprint density at radius 3 is 2.69 bits per heavy atom. The largest absolute Gasteiger partial charge is 0.480 e. The van der Waals surface area contributed by atoms with Gasteiger partial charge in [-0.3, -0.25) is 9.59 Å². The highest BCUT2D eigenvalue weighted by atomic mass is 32.1. The number of nitrogens with one attached hydrogen (secondary N) is 1. The van der Waals surface area contributed by atoms with E-state index < -0.39 is 6.10 Å². The first-order chi connectivity index (χ1) is 12.4. The number of aryl methyl sites for hydroxylation is 3. The van der Waals surface area contributed by atoms with E-state index in [0.717, 1.165) is 32.7 Å². The first kappa shape index (κ1) is 18.2. The minimum atomic E-state index is -0.582. The van der Waals surface area contributed by atoms with E-state index in [1.165, 1.54) is 0 Å². The third-order valence-electron chi connectivity index (χ3n) is 4.32. The van der Waals surface area contributed by atoms with Crippen LogP contribution in [-0.2, 0) is 11.8 Å². The number of benzene rings is 2. The molecule has 136 valence electrons. The second-order valence-electron chi connectivity index (χ2n) is 6.38. The molecule has 1 aromatic heterocycles. The number of thiazole rings is 1. The molecule has 5 nitrogen and oxygen atoms in total. The van der Waals surface area contributed by atoms with Crippen molar-refractivity contribution in [2.75, 3.05) is 5.32 Å². The predicted octanol–water partition coefficient (Wildman–Crippen LogP) is 4.01. The van der Waals surface area contributed by atoms with E-state index in [-0.39, 0.29) is 10.8 Å². The van der Waals surface area contributed by atoms with Crippen molar-refractivity contribution in [2.45, 2.75) is 33.3 Å². The Balaban J connectivity index is 1.77. The number of nitrogens with zero attached hydrogens (tertiary/aromatic N) is 1. The average molecular weight is 370 g/mol. The molecule has 3 rings (SSSR count). The molecule has 1 N–H and O–H groups in total. The zero-order valence-electron chi connectivity index (χ0n) is 15.3. The minimum absolute atomic E-state index is 0.0203. The van der Waals surface area contributed by atoms with E-state index in [9.17, 15) is 9.59 Å². The van der Waals surface area contributed by atoms with Gasteiger partial charge in [0.15, 0.2) is 6.10 Å². The summed E-state index contributed by atoms with van der Waals surface area (Å²) in [4.78, 5) is 24.4. The highest BCUT2D eigenvalue weighted by Gasteiger charge is 2.19. The van der Waals surface area contributed by atoms with Gasteiger partial charge in [0.1, 0.15) is 5.75 Å². The maximum Gasteiger partial charge on any atom is 0.307 e. The smallest absolute Gasteiger partial charge is 0.307 e. The molecule has 0 aliphatic heterocycles. The maximum atomic E-state index is 12.6. The van der Waals surface area contributed by atoms with E-state index >= 15 is 0 Å². The molecule has 26 heavy (non-hydrogen) atoms. The van der Waals surface area contributed by atoms with Gasteiger partial charge in [-0.15, -0.1) is 0 Å². The lowest BCUT2D eigenvalue weighted by Crippen LogP contribution is -2.32. The van der Waals surface area contributed by atoms with Gasteiger partial charge in [-0.1, -0.05) is 36.0 Å². The number of amides is 1. The van der Waals surface area contributed by atoms with E-state index in [1.54, 1.807) is 17.7 Å². The molecule has 1 heterocycles. The summed E-state index contributed by atoms with van der Waals surface area (Å²) in [6.07, 6.45) is -0.0262. The summed E-state index contributed by atoms with van der Waals surface area (Å²) in [5.74, 6) is 0.518. The van der Waals surface area contributed by atoms with Crippen LogP contribution >= 0.6 is 11.3 Å². The van der Waals surface area contributed by atoms with Crippen molar-refractivity contribution < 1.29 is 9.53 Å². The summed E-state index contributed by atoms with van der Waals surface area (Å²) in [7, 11) is 1.74. The Hall–Kier alpha value is -2.60. The van der Waals surface area contributed by atoms with E-state index in [0.29, 0.717) is 17.9 Å². The number of hydrogen-bond acceptors (Lipinski definition) is 4. The molecule has 1 atom stereocenters. The first-order valence-electron chi connectivity index (χ1n) is 8.53. The molecule has 0 saturated heterocycles. The van der Waals surface area contributed by atoms with Crippen molar-refractivity contribution in [2.24, 2.45) is 7.05 Å². The van der Waals surface area contributed by atoms with Crippen LogP contribution in [-0.4, -0.2) is 16.6 Å². The molecular weight excluding hydrogens is 348 g/mol. The summed E-state index contributed by atoms with van der Waals surface area (Å²) in [5, 5.41) is 2.90. The second kappa shape index (κ2) is 7.33. The van der Waals surface area contributed by atoms with Crippen molar-refractivity contribution in [3.63, 3.8) is 0 Å². The second-order valence-corrected chi connectivity index (χ2v) is 7.38. The van der Waals surface area contributed by atoms with Crippen LogP contribution in [0.25, 0.3) is 10.2 Å². The molecule has 0 unspecified atom stereocenters. The molecule has 0 radical (unpaired) electrons. The van der Waals surface area contributed by atoms with Crippen LogP contribution in [0.4, 0.5) is 5.69 Å². The number of carbonyl (C=O) groups excluding carboxylic acids is 1. The van der Waals surface area contributed by atoms with E-state index in [1.807, 2.05) is 51.1 Å². The molecule has 0 spiro atoms. The van der Waals surface area contributed by atoms with Crippen molar-refractivity contribution in [1.82, 2.24) is 4.57 Å². The molecule has 2 aromatic carbocycles. The zero-order chi connectivity index (χ0) is 18.8. The number of carbonyl (C=O) groups is 1. The van der Waals surface area contributed by atoms with Gasteiger partial charge in [0.25, 0.3) is 5.91 Å². The van der Waals surface area contributed by atoms with Crippen LogP contribution in [0.1, 0.15) is 24.5 Å². The lowest BCUT2D eigenvalue weighted by Gasteiger charge is -2.19. The van der Waals surface area contributed by atoms with Gasteiger partial charge in [-0.25, -0.2) is 0 Å². The SMILES string of the molecule is CC[C@H](Oc1ccc(C)cc1C)C(=O)Nc1ccc2c(c1)sc(=O)n2C. The molecule has 6 heteroatoms. The Labute approximate surface area is 156 Å². The number of rotatable bonds is 5. The Morgan fingerprint density at radius 1 is 1.23 bits per heavy atom. The van der Waals surface area contributed by atoms with Gasteiger partial charge in [0.2, 0.25) is 0 Å². The molecule has 3 aromatic rings. The Kier molecular flexibility index (Phi) is 5.13. The Morgan fingerprint density at radius 2 is 2.00 bits per heavy atom. The van der Waals surface area contributed by atoms with Crippen LogP contribution in [0.5, 0.6) is 5.75 Å². The standard InChI is InChI=1S/C20H22N2O3S/c1-5-16(25-17-9-6-12(2)10-13(17)3)19(23)21-14-7-8-15-18(11-14)26-20(24)22(15)4/h6-11,16H,5H2,1-4H3,(H,21,23)/t16-/m0/s1. The van der Waals surface area contributed by atoms with E-state index in [2.05, 4.69) is 5.32 Å². The molecule has 1 amide bonds. The van der Waals surface area contributed by atoms with Crippen LogP contribution in [0.15, 0.2) is 41.2 Å². The zero-order valence-corrected chi connectivity index (χ0v) is 16.1. The fourth-order valence-corrected chi connectivity index (χ4v) is 3.76. The third kappa shape index (κ3) is 3.65. The fourth-order valence-electron chi connectivity index (χ4n) is 2.84. The third-order valence-corrected chi connectivity index (χ3v) is 5.32. The van der Waals surface area contributed by atoms with Gasteiger partial charge in [-0.2, -0.15) is 0 Å². The van der Waals surface area contributed by atoms with Crippen molar-refractivity contribution in [1.29, 1.82) is 0 Å². The maximum absolute atomic E-state index is 12.6. The van der Waals surface area contributed by atoms with Gasteiger partial charge >= 0.3 is 4.87 Å². The van der Waals surface area contributed by atoms with Gasteiger partial charge in [-0.05, 0) is 50.1 Å². The highest BCUT2D eigenvalue weighted by molar-refractivity contribution is 7.16.